The van der Waals surface area contributed by atoms with Gasteiger partial charge >= 0.3 is 5.97 Å². The predicted octanol–water partition coefficient (Wildman–Crippen LogP) is 4.25. The second-order valence-corrected chi connectivity index (χ2v) is 5.67. The zero-order valence-corrected chi connectivity index (χ0v) is 14.0. The van der Waals surface area contributed by atoms with Crippen LogP contribution in [-0.4, -0.2) is 16.2 Å². The third-order valence-corrected chi connectivity index (χ3v) is 3.76. The number of benzene rings is 3. The molecule has 0 aliphatic carbocycles. The normalized spacial score (nSPS) is 10.3. The SMILES string of the molecule is O=C(O)c1cc(OCc2ccccc2)c(O)c(OCc2ccccc2)c1. The first kappa shape index (κ1) is 17.4. The van der Waals surface area contributed by atoms with E-state index >= 15 is 0 Å². The summed E-state index contributed by atoms with van der Waals surface area (Å²) < 4.78 is 11.2. The Morgan fingerprint density at radius 1 is 0.769 bits per heavy atom. The van der Waals surface area contributed by atoms with Crippen molar-refractivity contribution in [3.8, 4) is 17.2 Å². The van der Waals surface area contributed by atoms with Gasteiger partial charge < -0.3 is 19.7 Å². The maximum Gasteiger partial charge on any atom is 0.335 e. The summed E-state index contributed by atoms with van der Waals surface area (Å²) in [5, 5.41) is 19.7. The van der Waals surface area contributed by atoms with Gasteiger partial charge in [-0.1, -0.05) is 60.7 Å². The fraction of sp³-hybridized carbons (Fsp3) is 0.0952. The number of phenols is 1. The molecule has 0 heterocycles. The van der Waals surface area contributed by atoms with Gasteiger partial charge in [0.25, 0.3) is 0 Å². The first-order valence-corrected chi connectivity index (χ1v) is 8.07. The molecule has 5 heteroatoms. The Hall–Kier alpha value is -3.47. The van der Waals surface area contributed by atoms with Crippen molar-refractivity contribution < 1.29 is 24.5 Å². The van der Waals surface area contributed by atoms with E-state index in [9.17, 15) is 15.0 Å². The number of ether oxygens (including phenoxy) is 2. The molecule has 26 heavy (non-hydrogen) atoms. The van der Waals surface area contributed by atoms with E-state index in [2.05, 4.69) is 0 Å². The predicted molar refractivity (Wildman–Crippen MR) is 96.6 cm³/mol. The Labute approximate surface area is 151 Å². The van der Waals surface area contributed by atoms with Crippen LogP contribution in [-0.2, 0) is 13.2 Å². The Bertz CT molecular complexity index is 811. The molecule has 3 rings (SSSR count). The minimum Gasteiger partial charge on any atom is -0.502 e. The lowest BCUT2D eigenvalue weighted by molar-refractivity contribution is 0.0695. The molecule has 0 unspecified atom stereocenters. The first-order valence-electron chi connectivity index (χ1n) is 8.07. The molecule has 0 aliphatic rings. The summed E-state index contributed by atoms with van der Waals surface area (Å²) in [6, 6.07) is 21.4. The van der Waals surface area contributed by atoms with E-state index in [1.54, 1.807) is 0 Å². The molecule has 0 aliphatic heterocycles. The maximum atomic E-state index is 11.4. The Morgan fingerprint density at radius 3 is 1.58 bits per heavy atom. The van der Waals surface area contributed by atoms with Gasteiger partial charge in [0.1, 0.15) is 13.2 Å². The van der Waals surface area contributed by atoms with Crippen LogP contribution in [0.15, 0.2) is 72.8 Å². The topological polar surface area (TPSA) is 76.0 Å². The zero-order chi connectivity index (χ0) is 18.4. The van der Waals surface area contributed by atoms with E-state index in [1.807, 2.05) is 60.7 Å². The molecule has 0 saturated heterocycles. The van der Waals surface area contributed by atoms with Crippen molar-refractivity contribution in [3.05, 3.63) is 89.5 Å². The standard InChI is InChI=1S/C21H18O5/c22-20-18(25-13-15-7-3-1-4-8-15)11-17(21(23)24)12-19(20)26-14-16-9-5-2-6-10-16/h1-12,22H,13-14H2,(H,23,24). The van der Waals surface area contributed by atoms with Gasteiger partial charge in [0.2, 0.25) is 5.75 Å². The van der Waals surface area contributed by atoms with Crippen LogP contribution in [0.25, 0.3) is 0 Å². The third-order valence-electron chi connectivity index (χ3n) is 3.76. The monoisotopic (exact) mass is 350 g/mol. The van der Waals surface area contributed by atoms with Gasteiger partial charge in [-0.2, -0.15) is 0 Å². The van der Waals surface area contributed by atoms with E-state index in [1.165, 1.54) is 12.1 Å². The molecule has 0 radical (unpaired) electrons. The lowest BCUT2D eigenvalue weighted by Crippen LogP contribution is -2.03. The highest BCUT2D eigenvalue weighted by molar-refractivity contribution is 5.89. The minimum absolute atomic E-state index is 0.0195. The van der Waals surface area contributed by atoms with Crippen molar-refractivity contribution >= 4 is 5.97 Å². The number of rotatable bonds is 7. The maximum absolute atomic E-state index is 11.4. The number of carbonyl (C=O) groups is 1. The van der Waals surface area contributed by atoms with Crippen molar-refractivity contribution in [2.75, 3.05) is 0 Å². The van der Waals surface area contributed by atoms with Gasteiger partial charge in [0.05, 0.1) is 5.56 Å². The molecule has 5 nitrogen and oxygen atoms in total. The molecule has 0 aromatic heterocycles. The molecule has 0 bridgehead atoms. The van der Waals surface area contributed by atoms with E-state index in [0.717, 1.165) is 11.1 Å². The number of aromatic hydroxyl groups is 1. The molecular weight excluding hydrogens is 332 g/mol. The van der Waals surface area contributed by atoms with Crippen LogP contribution in [0.5, 0.6) is 17.2 Å². The highest BCUT2D eigenvalue weighted by Gasteiger charge is 2.16. The molecule has 2 N–H and O–H groups in total. The number of carboxylic acids is 1. The van der Waals surface area contributed by atoms with E-state index in [4.69, 9.17) is 9.47 Å². The number of phenolic OH excluding ortho intramolecular Hbond substituents is 1. The summed E-state index contributed by atoms with van der Waals surface area (Å²) in [5.41, 5.74) is 1.78. The van der Waals surface area contributed by atoms with Crippen molar-refractivity contribution in [3.63, 3.8) is 0 Å². The van der Waals surface area contributed by atoms with Gasteiger partial charge in [-0.3, -0.25) is 0 Å². The minimum atomic E-state index is -1.13. The Balaban J connectivity index is 1.81. The summed E-state index contributed by atoms with van der Waals surface area (Å²) in [7, 11) is 0. The van der Waals surface area contributed by atoms with Crippen LogP contribution < -0.4 is 9.47 Å². The summed E-state index contributed by atoms with van der Waals surface area (Å²) in [4.78, 5) is 11.4. The van der Waals surface area contributed by atoms with Crippen LogP contribution in [0.4, 0.5) is 0 Å². The van der Waals surface area contributed by atoms with Crippen LogP contribution in [0, 0.1) is 0 Å². The third kappa shape index (κ3) is 4.33. The molecule has 0 fully saturated rings. The van der Waals surface area contributed by atoms with Crippen molar-refractivity contribution in [2.45, 2.75) is 13.2 Å². The van der Waals surface area contributed by atoms with Gasteiger partial charge in [-0.25, -0.2) is 4.79 Å². The molecule has 0 spiro atoms. The Morgan fingerprint density at radius 2 is 1.19 bits per heavy atom. The second-order valence-electron chi connectivity index (χ2n) is 5.67. The molecule has 0 atom stereocenters. The highest BCUT2D eigenvalue weighted by atomic mass is 16.5. The number of hydrogen-bond donors (Lipinski definition) is 2. The molecule has 3 aromatic carbocycles. The number of carboxylic acid groups (broad SMARTS) is 1. The second kappa shape index (κ2) is 8.07. The van der Waals surface area contributed by atoms with Gasteiger partial charge in [0.15, 0.2) is 11.5 Å². The van der Waals surface area contributed by atoms with Gasteiger partial charge in [-0.15, -0.1) is 0 Å². The van der Waals surface area contributed by atoms with E-state index in [0.29, 0.717) is 0 Å². The van der Waals surface area contributed by atoms with Gasteiger partial charge in [0, 0.05) is 0 Å². The summed E-state index contributed by atoms with van der Waals surface area (Å²) in [6.07, 6.45) is 0. The molecular formula is C21H18O5. The molecule has 132 valence electrons. The van der Waals surface area contributed by atoms with Crippen molar-refractivity contribution in [1.82, 2.24) is 0 Å². The fourth-order valence-electron chi connectivity index (χ4n) is 2.40. The summed E-state index contributed by atoms with van der Waals surface area (Å²) >= 11 is 0. The van der Waals surface area contributed by atoms with E-state index < -0.39 is 5.97 Å². The largest absolute Gasteiger partial charge is 0.502 e. The zero-order valence-electron chi connectivity index (χ0n) is 14.0. The highest BCUT2D eigenvalue weighted by Crippen LogP contribution is 2.38. The first-order chi connectivity index (χ1) is 12.6. The molecule has 3 aromatic rings. The van der Waals surface area contributed by atoms with E-state index in [-0.39, 0.29) is 36.0 Å². The van der Waals surface area contributed by atoms with Gasteiger partial charge in [-0.05, 0) is 23.3 Å². The Kier molecular flexibility index (Phi) is 5.39. The average molecular weight is 350 g/mol. The summed E-state index contributed by atoms with van der Waals surface area (Å²) in [5.74, 6) is -1.21. The van der Waals surface area contributed by atoms with Crippen LogP contribution in [0.2, 0.25) is 0 Å². The summed E-state index contributed by atoms with van der Waals surface area (Å²) in [6.45, 7) is 0.408. The number of aromatic carboxylic acids is 1. The lowest BCUT2D eigenvalue weighted by Gasteiger charge is -2.14. The van der Waals surface area contributed by atoms with Crippen LogP contribution in [0.3, 0.4) is 0 Å². The quantitative estimate of drug-likeness (QED) is 0.666. The van der Waals surface area contributed by atoms with Crippen molar-refractivity contribution in [1.29, 1.82) is 0 Å². The smallest absolute Gasteiger partial charge is 0.335 e. The van der Waals surface area contributed by atoms with Crippen LogP contribution in [0.1, 0.15) is 21.5 Å². The average Bonchev–Trinajstić information content (AvgIpc) is 2.67. The fourth-order valence-corrected chi connectivity index (χ4v) is 2.40. The molecule has 0 amide bonds. The lowest BCUT2D eigenvalue weighted by atomic mass is 10.1. The molecule has 0 saturated carbocycles. The number of hydrogen-bond acceptors (Lipinski definition) is 4. The van der Waals surface area contributed by atoms with Crippen molar-refractivity contribution in [2.24, 2.45) is 0 Å². The van der Waals surface area contributed by atoms with Crippen LogP contribution >= 0.6 is 0 Å².